The van der Waals surface area contributed by atoms with Gasteiger partial charge in [-0.15, -0.1) is 10.2 Å². The smallest absolute Gasteiger partial charge is 0.267 e. The minimum Gasteiger partial charge on any atom is -0.461 e. The lowest BCUT2D eigenvalue weighted by Crippen LogP contribution is -2.21. The predicted molar refractivity (Wildman–Crippen MR) is 122 cm³/mol. The van der Waals surface area contributed by atoms with Crippen LogP contribution in [-0.4, -0.2) is 29.3 Å². The number of fused-ring (bicyclic) bond motifs is 3. The highest BCUT2D eigenvalue weighted by Gasteiger charge is 2.19. The van der Waals surface area contributed by atoms with Crippen molar-refractivity contribution >= 4 is 28.4 Å². The van der Waals surface area contributed by atoms with Crippen LogP contribution in [0.25, 0.3) is 34.0 Å². The van der Waals surface area contributed by atoms with Crippen molar-refractivity contribution in [2.24, 2.45) is 0 Å². The molecule has 0 aliphatic carbocycles. The molecule has 33 heavy (non-hydrogen) atoms. The van der Waals surface area contributed by atoms with Crippen molar-refractivity contribution < 1.29 is 8.94 Å². The molecule has 6 aromatic rings. The van der Waals surface area contributed by atoms with Crippen molar-refractivity contribution in [2.75, 3.05) is 0 Å². The first-order valence-electron chi connectivity index (χ1n) is 10.1. The van der Waals surface area contributed by atoms with Crippen LogP contribution < -0.4 is 5.56 Å². The van der Waals surface area contributed by atoms with Crippen LogP contribution in [0.5, 0.6) is 0 Å². The summed E-state index contributed by atoms with van der Waals surface area (Å²) in [5.74, 6) is 2.18. The molecule has 6 rings (SSSR count). The molecule has 0 atom stereocenters. The summed E-state index contributed by atoms with van der Waals surface area (Å²) in [5, 5.41) is 13.9. The van der Waals surface area contributed by atoms with Crippen LogP contribution in [0.1, 0.15) is 11.5 Å². The Morgan fingerprint density at radius 3 is 2.67 bits per heavy atom. The Morgan fingerprint density at radius 2 is 1.85 bits per heavy atom. The molecule has 0 saturated heterocycles. The molecule has 0 bridgehead atoms. The van der Waals surface area contributed by atoms with Gasteiger partial charge >= 0.3 is 0 Å². The fourth-order valence-electron chi connectivity index (χ4n) is 3.64. The summed E-state index contributed by atoms with van der Waals surface area (Å²) < 4.78 is 14.1. The van der Waals surface area contributed by atoms with E-state index in [-0.39, 0.29) is 5.56 Å². The zero-order valence-electron chi connectivity index (χ0n) is 17.4. The highest BCUT2D eigenvalue weighted by Crippen LogP contribution is 2.26. The van der Waals surface area contributed by atoms with Gasteiger partial charge in [0.05, 0.1) is 28.6 Å². The fraction of sp³-hybridized carbons (Fsp3) is 0.0870. The van der Waals surface area contributed by atoms with E-state index in [0.717, 1.165) is 16.8 Å². The topological polar surface area (TPSA) is 104 Å². The van der Waals surface area contributed by atoms with Gasteiger partial charge in [0.25, 0.3) is 5.56 Å². The van der Waals surface area contributed by atoms with Gasteiger partial charge in [0.15, 0.2) is 10.9 Å². The van der Waals surface area contributed by atoms with Crippen molar-refractivity contribution in [1.29, 1.82) is 0 Å². The van der Waals surface area contributed by atoms with Crippen LogP contribution >= 0.6 is 11.8 Å². The highest BCUT2D eigenvalue weighted by atomic mass is 32.2. The van der Waals surface area contributed by atoms with Gasteiger partial charge in [-0.3, -0.25) is 9.20 Å². The van der Waals surface area contributed by atoms with Crippen LogP contribution in [0, 0.1) is 6.92 Å². The quantitative estimate of drug-likeness (QED) is 0.354. The van der Waals surface area contributed by atoms with E-state index in [2.05, 4.69) is 20.3 Å². The Bertz CT molecular complexity index is 1650. The summed E-state index contributed by atoms with van der Waals surface area (Å²) in [5.41, 5.74) is 2.42. The van der Waals surface area contributed by atoms with Gasteiger partial charge in [0.1, 0.15) is 0 Å². The summed E-state index contributed by atoms with van der Waals surface area (Å²) in [6, 6.07) is 18.7. The lowest BCUT2D eigenvalue weighted by molar-refractivity contribution is 0.390. The minimum absolute atomic E-state index is 0.147. The third-order valence-corrected chi connectivity index (χ3v) is 6.14. The Labute approximate surface area is 190 Å². The Hall–Kier alpha value is -4.18. The van der Waals surface area contributed by atoms with Crippen molar-refractivity contribution in [3.8, 4) is 17.3 Å². The van der Waals surface area contributed by atoms with E-state index >= 15 is 0 Å². The van der Waals surface area contributed by atoms with E-state index in [9.17, 15) is 4.79 Å². The number of para-hydroxylation sites is 1. The first-order chi connectivity index (χ1) is 16.2. The van der Waals surface area contributed by atoms with Gasteiger partial charge in [-0.25, -0.2) is 4.57 Å². The molecule has 0 unspecified atom stereocenters. The number of aryl methyl sites for hydroxylation is 1. The van der Waals surface area contributed by atoms with E-state index in [0.29, 0.717) is 39.5 Å². The van der Waals surface area contributed by atoms with Gasteiger partial charge in [0, 0.05) is 0 Å². The molecular formula is C23H16N6O3S. The fourth-order valence-corrected chi connectivity index (χ4v) is 4.42. The predicted octanol–water partition coefficient (Wildman–Crippen LogP) is 4.28. The number of rotatable bonds is 5. The van der Waals surface area contributed by atoms with Crippen LogP contribution in [0.4, 0.5) is 0 Å². The van der Waals surface area contributed by atoms with Crippen molar-refractivity contribution in [1.82, 2.24) is 29.3 Å². The summed E-state index contributed by atoms with van der Waals surface area (Å²) in [7, 11) is 0. The van der Waals surface area contributed by atoms with Crippen LogP contribution in [-0.2, 0) is 5.75 Å². The summed E-state index contributed by atoms with van der Waals surface area (Å²) in [4.78, 5) is 17.7. The Morgan fingerprint density at radius 1 is 1.00 bits per heavy atom. The number of hydrogen-bond donors (Lipinski definition) is 0. The maximum Gasteiger partial charge on any atom is 0.267 e. The van der Waals surface area contributed by atoms with E-state index in [4.69, 9.17) is 8.94 Å². The average molecular weight is 456 g/mol. The molecule has 4 heterocycles. The number of hydrogen-bond acceptors (Lipinski definition) is 8. The SMILES string of the molecule is Cc1ccc(-n2c(=O)c3ccccc3n3c(SCc4nc(-c5ccco5)no4)nnc23)cc1. The molecule has 0 fully saturated rings. The number of thioether (sulfide) groups is 1. The van der Waals surface area contributed by atoms with E-state index in [1.807, 2.05) is 59.9 Å². The zero-order valence-corrected chi connectivity index (χ0v) is 18.2. The third kappa shape index (κ3) is 3.31. The lowest BCUT2D eigenvalue weighted by atomic mass is 10.2. The lowest BCUT2D eigenvalue weighted by Gasteiger charge is -2.11. The maximum atomic E-state index is 13.4. The third-order valence-electron chi connectivity index (χ3n) is 5.22. The first-order valence-corrected chi connectivity index (χ1v) is 11.1. The van der Waals surface area contributed by atoms with Crippen LogP contribution in [0.2, 0.25) is 0 Å². The first kappa shape index (κ1) is 19.5. The molecule has 0 amide bonds. The summed E-state index contributed by atoms with van der Waals surface area (Å²) in [6.07, 6.45) is 1.56. The van der Waals surface area contributed by atoms with Gasteiger partial charge in [-0.1, -0.05) is 46.7 Å². The van der Waals surface area contributed by atoms with Crippen molar-refractivity contribution in [3.63, 3.8) is 0 Å². The minimum atomic E-state index is -0.147. The van der Waals surface area contributed by atoms with Gasteiger partial charge in [-0.05, 0) is 43.3 Å². The molecule has 2 aromatic carbocycles. The Kier molecular flexibility index (Phi) is 4.58. The van der Waals surface area contributed by atoms with Crippen LogP contribution in [0.15, 0.2) is 85.8 Å². The van der Waals surface area contributed by atoms with Gasteiger partial charge < -0.3 is 8.94 Å². The Balaban J connectivity index is 1.45. The number of nitrogens with zero attached hydrogens (tertiary/aromatic N) is 6. The van der Waals surface area contributed by atoms with Gasteiger partial charge in [-0.2, -0.15) is 4.98 Å². The molecule has 0 saturated carbocycles. The molecule has 0 spiro atoms. The summed E-state index contributed by atoms with van der Waals surface area (Å²) >= 11 is 1.39. The molecule has 9 nitrogen and oxygen atoms in total. The molecular weight excluding hydrogens is 440 g/mol. The molecule has 0 aliphatic rings. The molecule has 0 aliphatic heterocycles. The second kappa shape index (κ2) is 7.75. The molecule has 162 valence electrons. The largest absolute Gasteiger partial charge is 0.461 e. The zero-order chi connectivity index (χ0) is 22.4. The highest BCUT2D eigenvalue weighted by molar-refractivity contribution is 7.98. The number of benzene rings is 2. The van der Waals surface area contributed by atoms with E-state index < -0.39 is 0 Å². The maximum absolute atomic E-state index is 13.4. The second-order valence-electron chi connectivity index (χ2n) is 7.39. The normalized spacial score (nSPS) is 11.5. The van der Waals surface area contributed by atoms with Crippen LogP contribution in [0.3, 0.4) is 0 Å². The standard InChI is InChI=1S/C23H16N6O3S/c1-14-8-10-15(11-9-14)28-21(30)16-5-2-3-6-17(16)29-22(28)25-26-23(29)33-13-19-24-20(27-32-19)18-7-4-12-31-18/h2-12H,13H2,1H3. The van der Waals surface area contributed by atoms with E-state index in [1.54, 1.807) is 23.0 Å². The van der Waals surface area contributed by atoms with Gasteiger partial charge in [0.2, 0.25) is 17.5 Å². The molecule has 0 N–H and O–H groups in total. The molecule has 0 radical (unpaired) electrons. The number of furan rings is 1. The monoisotopic (exact) mass is 456 g/mol. The summed E-state index contributed by atoms with van der Waals surface area (Å²) in [6.45, 7) is 2.00. The molecule has 4 aromatic heterocycles. The van der Waals surface area contributed by atoms with Crippen molar-refractivity contribution in [2.45, 2.75) is 17.8 Å². The molecule has 10 heteroatoms. The number of aromatic nitrogens is 6. The van der Waals surface area contributed by atoms with Crippen molar-refractivity contribution in [3.05, 3.63) is 88.7 Å². The van der Waals surface area contributed by atoms with E-state index in [1.165, 1.54) is 11.8 Å². The average Bonchev–Trinajstić information content (AvgIpc) is 3.60. The second-order valence-corrected chi connectivity index (χ2v) is 8.33.